The minimum Gasteiger partial charge on any atom is -0.497 e. The van der Waals surface area contributed by atoms with Crippen LogP contribution in [0.25, 0.3) is 0 Å². The van der Waals surface area contributed by atoms with Crippen molar-refractivity contribution in [1.82, 2.24) is 14.7 Å². The number of methoxy groups -OCH3 is 3. The predicted molar refractivity (Wildman–Crippen MR) is 138 cm³/mol. The van der Waals surface area contributed by atoms with E-state index in [1.165, 1.54) is 0 Å². The van der Waals surface area contributed by atoms with Crippen molar-refractivity contribution in [2.75, 3.05) is 62.7 Å². The maximum absolute atomic E-state index is 13.7. The van der Waals surface area contributed by atoms with Gasteiger partial charge in [-0.2, -0.15) is 0 Å². The Labute approximate surface area is 210 Å². The molecule has 2 aromatic rings. The number of ether oxygens (including phenoxy) is 3. The highest BCUT2D eigenvalue weighted by molar-refractivity contribution is 5.86. The summed E-state index contributed by atoms with van der Waals surface area (Å²) < 4.78 is 16.1. The molecule has 1 aliphatic heterocycles. The molecule has 0 aromatic heterocycles. The Morgan fingerprint density at radius 2 is 1.43 bits per heavy atom. The van der Waals surface area contributed by atoms with Crippen LogP contribution in [0.15, 0.2) is 42.5 Å². The van der Waals surface area contributed by atoms with Gasteiger partial charge in [0.15, 0.2) is 0 Å². The zero-order chi connectivity index (χ0) is 26.0. The van der Waals surface area contributed by atoms with Gasteiger partial charge in [0.1, 0.15) is 22.8 Å². The second-order valence-corrected chi connectivity index (χ2v) is 8.94. The first-order chi connectivity index (χ1) is 16.8. The summed E-state index contributed by atoms with van der Waals surface area (Å²) in [6, 6.07) is 13.9. The Hall–Kier alpha value is -2.81. The Morgan fingerprint density at radius 1 is 0.886 bits per heavy atom. The molecule has 1 saturated heterocycles. The number of aliphatic hydroxyl groups is 1. The first kappa shape index (κ1) is 28.4. The topological polar surface area (TPSA) is 74.7 Å². The number of rotatable bonds is 9. The number of benzene rings is 2. The zero-order valence-electron chi connectivity index (χ0n) is 22.2. The minimum atomic E-state index is -0.504. The predicted octanol–water partition coefficient (Wildman–Crippen LogP) is 2.88. The highest BCUT2D eigenvalue weighted by atomic mass is 16.5. The molecule has 0 atom stereocenters. The molecular weight excluding hydrogens is 446 g/mol. The highest BCUT2D eigenvalue weighted by Crippen LogP contribution is 2.31. The van der Waals surface area contributed by atoms with Crippen molar-refractivity contribution in [1.29, 1.82) is 0 Å². The first-order valence-corrected chi connectivity index (χ1v) is 11.8. The van der Waals surface area contributed by atoms with Crippen LogP contribution < -0.4 is 14.2 Å². The summed E-state index contributed by atoms with van der Waals surface area (Å²) in [5.74, 6) is 2.55. The van der Waals surface area contributed by atoms with Gasteiger partial charge in [0, 0.05) is 46.4 Å². The molecule has 2 aromatic carbocycles. The van der Waals surface area contributed by atoms with Gasteiger partial charge in [0.25, 0.3) is 0 Å². The maximum Gasteiger partial charge on any atom is 0.243 e. The smallest absolute Gasteiger partial charge is 0.243 e. The van der Waals surface area contributed by atoms with E-state index >= 15 is 0 Å². The van der Waals surface area contributed by atoms with E-state index in [0.717, 1.165) is 68.0 Å². The molecule has 1 fully saturated rings. The van der Waals surface area contributed by atoms with Crippen molar-refractivity contribution in [3.8, 4) is 17.2 Å². The summed E-state index contributed by atoms with van der Waals surface area (Å²) in [6.07, 6.45) is 1.56. The molecule has 0 bridgehead atoms. The molecule has 0 saturated carbocycles. The van der Waals surface area contributed by atoms with Crippen LogP contribution in [0.4, 0.5) is 0 Å². The Balaban J connectivity index is 0.00000210. The van der Waals surface area contributed by atoms with E-state index in [-0.39, 0.29) is 5.91 Å². The van der Waals surface area contributed by atoms with E-state index in [1.807, 2.05) is 68.5 Å². The molecule has 1 N–H and O–H groups in total. The summed E-state index contributed by atoms with van der Waals surface area (Å²) in [6.45, 7) is 3.04. The second kappa shape index (κ2) is 13.3. The van der Waals surface area contributed by atoms with Crippen LogP contribution in [-0.4, -0.2) is 93.9 Å². The van der Waals surface area contributed by atoms with Crippen LogP contribution in [0.1, 0.15) is 24.0 Å². The van der Waals surface area contributed by atoms with Gasteiger partial charge in [0.2, 0.25) is 5.91 Å². The minimum absolute atomic E-state index is 0.165. The van der Waals surface area contributed by atoms with Gasteiger partial charge in [-0.3, -0.25) is 14.6 Å². The standard InChI is InChI=1S/C26H37N3O4.CH4O/c1-27(2)26(25(30)28(3)18-20-8-7-9-22(14-20)31-4)10-12-29(13-11-26)19-21-15-23(32-5)17-24(16-21)33-6;1-2/h7-9,14-17H,10-13,18-19H2,1-6H3;2H,1H3. The zero-order valence-corrected chi connectivity index (χ0v) is 22.2. The molecule has 35 heavy (non-hydrogen) atoms. The SMILES string of the molecule is CO.COc1cccc(CN(C)C(=O)C2(N(C)C)CCN(Cc3cc(OC)cc(OC)c3)CC2)c1. The van der Waals surface area contributed by atoms with E-state index < -0.39 is 5.54 Å². The van der Waals surface area contributed by atoms with Crippen LogP contribution in [0.3, 0.4) is 0 Å². The summed E-state index contributed by atoms with van der Waals surface area (Å²) in [5, 5.41) is 7.00. The van der Waals surface area contributed by atoms with Gasteiger partial charge < -0.3 is 24.2 Å². The summed E-state index contributed by atoms with van der Waals surface area (Å²) in [5.41, 5.74) is 1.70. The largest absolute Gasteiger partial charge is 0.497 e. The lowest BCUT2D eigenvalue weighted by Gasteiger charge is -2.46. The van der Waals surface area contributed by atoms with Crippen LogP contribution in [0.5, 0.6) is 17.2 Å². The fraction of sp³-hybridized carbons (Fsp3) is 0.519. The third-order valence-electron chi connectivity index (χ3n) is 6.66. The van der Waals surface area contributed by atoms with E-state index in [1.54, 1.807) is 21.3 Å². The van der Waals surface area contributed by atoms with Crippen molar-refractivity contribution in [2.24, 2.45) is 0 Å². The number of hydrogen-bond donors (Lipinski definition) is 1. The van der Waals surface area contributed by atoms with Crippen molar-refractivity contribution in [3.63, 3.8) is 0 Å². The van der Waals surface area contributed by atoms with Gasteiger partial charge >= 0.3 is 0 Å². The number of hydrogen-bond acceptors (Lipinski definition) is 7. The third kappa shape index (κ3) is 7.10. The number of likely N-dealkylation sites (N-methyl/N-ethyl adjacent to an activating group) is 2. The molecule has 0 radical (unpaired) electrons. The molecule has 8 heteroatoms. The second-order valence-electron chi connectivity index (χ2n) is 8.94. The monoisotopic (exact) mass is 487 g/mol. The van der Waals surface area contributed by atoms with Gasteiger partial charge in [0.05, 0.1) is 21.3 Å². The number of aliphatic hydroxyl groups excluding tert-OH is 1. The molecular formula is C27H41N3O5. The van der Waals surface area contributed by atoms with Crippen LogP contribution >= 0.6 is 0 Å². The molecule has 3 rings (SSSR count). The van der Waals surface area contributed by atoms with Crippen LogP contribution in [0.2, 0.25) is 0 Å². The summed E-state index contributed by atoms with van der Waals surface area (Å²) >= 11 is 0. The molecule has 8 nitrogen and oxygen atoms in total. The Bertz CT molecular complexity index is 920. The van der Waals surface area contributed by atoms with Gasteiger partial charge in [-0.15, -0.1) is 0 Å². The maximum atomic E-state index is 13.7. The van der Waals surface area contributed by atoms with E-state index in [9.17, 15) is 4.79 Å². The number of piperidine rings is 1. The average molecular weight is 488 g/mol. The summed E-state index contributed by atoms with van der Waals surface area (Å²) in [4.78, 5) is 20.0. The molecule has 1 aliphatic rings. The van der Waals surface area contributed by atoms with Gasteiger partial charge in [-0.25, -0.2) is 0 Å². The third-order valence-corrected chi connectivity index (χ3v) is 6.66. The van der Waals surface area contributed by atoms with E-state index in [2.05, 4.69) is 9.80 Å². The van der Waals surface area contributed by atoms with Gasteiger partial charge in [-0.1, -0.05) is 12.1 Å². The normalized spacial score (nSPS) is 15.1. The molecule has 0 unspecified atom stereocenters. The number of likely N-dealkylation sites (tertiary alicyclic amines) is 1. The number of carbonyl (C=O) groups excluding carboxylic acids is 1. The lowest BCUT2D eigenvalue weighted by atomic mass is 9.84. The van der Waals surface area contributed by atoms with Crippen LogP contribution in [-0.2, 0) is 17.9 Å². The lowest BCUT2D eigenvalue weighted by Crippen LogP contribution is -2.61. The van der Waals surface area contributed by atoms with E-state index in [4.69, 9.17) is 19.3 Å². The molecule has 0 spiro atoms. The molecule has 194 valence electrons. The quantitative estimate of drug-likeness (QED) is 0.583. The van der Waals surface area contributed by atoms with Crippen molar-refractivity contribution < 1.29 is 24.1 Å². The van der Waals surface area contributed by atoms with E-state index in [0.29, 0.717) is 6.54 Å². The summed E-state index contributed by atoms with van der Waals surface area (Å²) in [7, 11) is 11.9. The number of amides is 1. The van der Waals surface area contributed by atoms with Crippen LogP contribution in [0, 0.1) is 0 Å². The van der Waals surface area contributed by atoms with Crippen molar-refractivity contribution in [2.45, 2.75) is 31.5 Å². The average Bonchev–Trinajstić information content (AvgIpc) is 2.89. The van der Waals surface area contributed by atoms with Gasteiger partial charge in [-0.05, 0) is 62.3 Å². The molecule has 0 aliphatic carbocycles. The van der Waals surface area contributed by atoms with Crippen molar-refractivity contribution in [3.05, 3.63) is 53.6 Å². The highest BCUT2D eigenvalue weighted by Gasteiger charge is 2.44. The first-order valence-electron chi connectivity index (χ1n) is 11.8. The Kier molecular flexibility index (Phi) is 10.8. The number of carbonyl (C=O) groups is 1. The fourth-order valence-corrected chi connectivity index (χ4v) is 4.62. The lowest BCUT2D eigenvalue weighted by molar-refractivity contribution is -0.145. The fourth-order valence-electron chi connectivity index (χ4n) is 4.62. The Morgan fingerprint density at radius 3 is 1.94 bits per heavy atom. The number of nitrogens with zero attached hydrogens (tertiary/aromatic N) is 3. The molecule has 1 amide bonds. The van der Waals surface area contributed by atoms with Crippen molar-refractivity contribution >= 4 is 5.91 Å². The molecule has 1 heterocycles.